The first-order valence-corrected chi connectivity index (χ1v) is 30.2. The summed E-state index contributed by atoms with van der Waals surface area (Å²) in [6.45, 7) is 11.4. The van der Waals surface area contributed by atoms with Gasteiger partial charge in [0.15, 0.2) is 6.10 Å². The molecule has 6 nitrogen and oxygen atoms in total. The standard InChI is InChI=1S/C61H118O6/c1-6-7-8-9-10-11-12-13-14-17-22-25-28-31-38-43-48-53-61(64)67-58(55-66-60(63)52-47-42-37-33-32-35-40-45-50-57(4)5)54-65-59(62)51-46-41-36-30-27-24-21-19-16-15-18-20-23-26-29-34-39-44-49-56(2)3/h56-58H,6-55H2,1-5H3/t58-/m0/s1. The predicted octanol–water partition coefficient (Wildman–Crippen LogP) is 20.0. The monoisotopic (exact) mass is 947 g/mol. The quantitative estimate of drug-likeness (QED) is 0.0343. The van der Waals surface area contributed by atoms with E-state index in [1.807, 2.05) is 0 Å². The molecule has 0 aromatic carbocycles. The lowest BCUT2D eigenvalue weighted by molar-refractivity contribution is -0.167. The molecule has 0 radical (unpaired) electrons. The Hall–Kier alpha value is -1.59. The van der Waals surface area contributed by atoms with Crippen molar-refractivity contribution in [2.24, 2.45) is 11.8 Å². The number of carbonyl (C=O) groups excluding carboxylic acids is 3. The highest BCUT2D eigenvalue weighted by Crippen LogP contribution is 2.18. The lowest BCUT2D eigenvalue weighted by Gasteiger charge is -2.18. The van der Waals surface area contributed by atoms with E-state index in [9.17, 15) is 14.4 Å². The van der Waals surface area contributed by atoms with E-state index in [0.29, 0.717) is 19.3 Å². The van der Waals surface area contributed by atoms with Gasteiger partial charge < -0.3 is 14.2 Å². The molecule has 0 rings (SSSR count). The maximum atomic E-state index is 12.9. The zero-order valence-electron chi connectivity index (χ0n) is 46.0. The van der Waals surface area contributed by atoms with Crippen molar-refractivity contribution in [2.45, 2.75) is 349 Å². The number of hydrogen-bond acceptors (Lipinski definition) is 6. The molecule has 398 valence electrons. The molecule has 0 spiro atoms. The minimum atomic E-state index is -0.763. The summed E-state index contributed by atoms with van der Waals surface area (Å²) in [6, 6.07) is 0. The third-order valence-electron chi connectivity index (χ3n) is 14.0. The molecule has 0 aliphatic rings. The molecule has 0 aromatic heterocycles. The summed E-state index contributed by atoms with van der Waals surface area (Å²) in [6.07, 6.45) is 58.2. The normalized spacial score (nSPS) is 12.0. The van der Waals surface area contributed by atoms with E-state index < -0.39 is 6.10 Å². The van der Waals surface area contributed by atoms with Gasteiger partial charge in [-0.1, -0.05) is 304 Å². The second-order valence-corrected chi connectivity index (χ2v) is 21.9. The fraction of sp³-hybridized carbons (Fsp3) is 0.951. The second-order valence-electron chi connectivity index (χ2n) is 21.9. The van der Waals surface area contributed by atoms with Crippen LogP contribution in [0.4, 0.5) is 0 Å². The predicted molar refractivity (Wildman–Crippen MR) is 289 cm³/mol. The van der Waals surface area contributed by atoms with Crippen LogP contribution in [0.3, 0.4) is 0 Å². The molecule has 0 unspecified atom stereocenters. The summed E-state index contributed by atoms with van der Waals surface area (Å²) in [4.78, 5) is 38.2. The van der Waals surface area contributed by atoms with Crippen LogP contribution in [0.1, 0.15) is 343 Å². The van der Waals surface area contributed by atoms with Gasteiger partial charge in [0.2, 0.25) is 0 Å². The van der Waals surface area contributed by atoms with Crippen LogP contribution in [0.25, 0.3) is 0 Å². The third kappa shape index (κ3) is 55.2. The molecule has 0 heterocycles. The Labute approximate surface area is 418 Å². The first kappa shape index (κ1) is 65.4. The average Bonchev–Trinajstić information content (AvgIpc) is 3.30. The Morgan fingerprint density at radius 1 is 0.284 bits per heavy atom. The molecule has 67 heavy (non-hydrogen) atoms. The molecule has 0 aliphatic carbocycles. The van der Waals surface area contributed by atoms with Crippen molar-refractivity contribution in [1.82, 2.24) is 0 Å². The van der Waals surface area contributed by atoms with E-state index in [4.69, 9.17) is 14.2 Å². The van der Waals surface area contributed by atoms with Crippen LogP contribution < -0.4 is 0 Å². The van der Waals surface area contributed by atoms with Crippen LogP contribution in [0.2, 0.25) is 0 Å². The van der Waals surface area contributed by atoms with Crippen molar-refractivity contribution in [1.29, 1.82) is 0 Å². The Kier molecular flexibility index (Phi) is 52.5. The molecule has 0 N–H and O–H groups in total. The largest absolute Gasteiger partial charge is 0.462 e. The topological polar surface area (TPSA) is 78.9 Å². The van der Waals surface area contributed by atoms with E-state index in [1.165, 1.54) is 231 Å². The summed E-state index contributed by atoms with van der Waals surface area (Å²) in [5, 5.41) is 0. The molecule has 0 amide bonds. The van der Waals surface area contributed by atoms with Crippen molar-refractivity contribution in [3.63, 3.8) is 0 Å². The fourth-order valence-electron chi connectivity index (χ4n) is 9.40. The number of hydrogen-bond donors (Lipinski definition) is 0. The van der Waals surface area contributed by atoms with Gasteiger partial charge in [-0.2, -0.15) is 0 Å². The van der Waals surface area contributed by atoms with E-state index in [-0.39, 0.29) is 31.1 Å². The maximum absolute atomic E-state index is 12.9. The summed E-state index contributed by atoms with van der Waals surface area (Å²) < 4.78 is 16.9. The lowest BCUT2D eigenvalue weighted by Crippen LogP contribution is -2.30. The number of unbranched alkanes of at least 4 members (excludes halogenated alkanes) is 40. The fourth-order valence-corrected chi connectivity index (χ4v) is 9.40. The molecule has 0 aliphatic heterocycles. The summed E-state index contributed by atoms with van der Waals surface area (Å²) >= 11 is 0. The van der Waals surface area contributed by atoms with Crippen LogP contribution in [0, 0.1) is 11.8 Å². The van der Waals surface area contributed by atoms with E-state index >= 15 is 0 Å². The SMILES string of the molecule is CCCCCCCCCCCCCCCCCCCC(=O)O[C@@H](COC(=O)CCCCCCCCCCCCCCCCCCCCC(C)C)COC(=O)CCCCCCCCCCC(C)C. The van der Waals surface area contributed by atoms with Crippen LogP contribution in [0.15, 0.2) is 0 Å². The molecule has 0 aromatic rings. The van der Waals surface area contributed by atoms with Gasteiger partial charge in [-0.05, 0) is 31.1 Å². The van der Waals surface area contributed by atoms with Gasteiger partial charge in [0, 0.05) is 19.3 Å². The van der Waals surface area contributed by atoms with Gasteiger partial charge in [0.1, 0.15) is 13.2 Å². The zero-order valence-corrected chi connectivity index (χ0v) is 46.0. The number of ether oxygens (including phenoxy) is 3. The molecule has 1 atom stereocenters. The minimum Gasteiger partial charge on any atom is -0.462 e. The summed E-state index contributed by atoms with van der Waals surface area (Å²) in [7, 11) is 0. The Balaban J connectivity index is 4.22. The van der Waals surface area contributed by atoms with Crippen molar-refractivity contribution >= 4 is 17.9 Å². The maximum Gasteiger partial charge on any atom is 0.306 e. The van der Waals surface area contributed by atoms with Gasteiger partial charge in [-0.3, -0.25) is 14.4 Å². The van der Waals surface area contributed by atoms with Crippen molar-refractivity contribution in [3.05, 3.63) is 0 Å². The van der Waals surface area contributed by atoms with Gasteiger partial charge in [0.05, 0.1) is 0 Å². The highest BCUT2D eigenvalue weighted by molar-refractivity contribution is 5.71. The van der Waals surface area contributed by atoms with Crippen LogP contribution in [-0.2, 0) is 28.6 Å². The van der Waals surface area contributed by atoms with Gasteiger partial charge >= 0.3 is 17.9 Å². The molecular formula is C61H118O6. The average molecular weight is 948 g/mol. The molecular weight excluding hydrogens is 829 g/mol. The summed E-state index contributed by atoms with van der Waals surface area (Å²) in [5.74, 6) is 0.817. The van der Waals surface area contributed by atoms with E-state index in [1.54, 1.807) is 0 Å². The molecule has 0 fully saturated rings. The van der Waals surface area contributed by atoms with Crippen LogP contribution in [0.5, 0.6) is 0 Å². The molecule has 0 saturated heterocycles. The first-order valence-electron chi connectivity index (χ1n) is 30.2. The smallest absolute Gasteiger partial charge is 0.306 e. The highest BCUT2D eigenvalue weighted by atomic mass is 16.6. The number of carbonyl (C=O) groups is 3. The number of esters is 3. The molecule has 0 bridgehead atoms. The minimum absolute atomic E-state index is 0.0628. The van der Waals surface area contributed by atoms with Gasteiger partial charge in [-0.15, -0.1) is 0 Å². The van der Waals surface area contributed by atoms with E-state index in [2.05, 4.69) is 34.6 Å². The van der Waals surface area contributed by atoms with Crippen molar-refractivity contribution in [2.75, 3.05) is 13.2 Å². The van der Waals surface area contributed by atoms with Crippen LogP contribution >= 0.6 is 0 Å². The van der Waals surface area contributed by atoms with Crippen LogP contribution in [-0.4, -0.2) is 37.2 Å². The summed E-state index contributed by atoms with van der Waals surface area (Å²) in [5.41, 5.74) is 0. The first-order chi connectivity index (χ1) is 32.7. The van der Waals surface area contributed by atoms with Crippen molar-refractivity contribution < 1.29 is 28.6 Å². The number of rotatable bonds is 55. The van der Waals surface area contributed by atoms with Gasteiger partial charge in [0.25, 0.3) is 0 Å². The Morgan fingerprint density at radius 3 is 0.731 bits per heavy atom. The molecule has 0 saturated carbocycles. The van der Waals surface area contributed by atoms with Gasteiger partial charge in [-0.25, -0.2) is 0 Å². The van der Waals surface area contributed by atoms with E-state index in [0.717, 1.165) is 69.6 Å². The lowest BCUT2D eigenvalue weighted by atomic mass is 10.0. The molecule has 6 heteroatoms. The third-order valence-corrected chi connectivity index (χ3v) is 14.0. The van der Waals surface area contributed by atoms with Crippen molar-refractivity contribution in [3.8, 4) is 0 Å². The second kappa shape index (κ2) is 53.8. The zero-order chi connectivity index (χ0) is 48.9. The Bertz CT molecular complexity index is 1020. The Morgan fingerprint density at radius 2 is 0.493 bits per heavy atom. The highest BCUT2D eigenvalue weighted by Gasteiger charge is 2.19.